The molecule has 0 radical (unpaired) electrons. The number of aryl methyl sites for hydroxylation is 1. The van der Waals surface area contributed by atoms with E-state index in [1.54, 1.807) is 24.3 Å². The molecule has 0 saturated heterocycles. The van der Waals surface area contributed by atoms with Gasteiger partial charge in [-0.05, 0) is 114 Å². The summed E-state index contributed by atoms with van der Waals surface area (Å²) in [6.07, 6.45) is 9.02. The highest BCUT2D eigenvalue weighted by molar-refractivity contribution is 7.86. The van der Waals surface area contributed by atoms with E-state index in [0.29, 0.717) is 29.7 Å². The van der Waals surface area contributed by atoms with Crippen molar-refractivity contribution >= 4 is 16.2 Å². The molecule has 1 amide bonds. The zero-order valence-electron chi connectivity index (χ0n) is 23.1. The van der Waals surface area contributed by atoms with E-state index in [9.17, 15) is 13.2 Å². The van der Waals surface area contributed by atoms with E-state index in [1.165, 1.54) is 19.3 Å². The second-order valence-electron chi connectivity index (χ2n) is 13.6. The van der Waals surface area contributed by atoms with Crippen LogP contribution in [0.25, 0.3) is 0 Å². The molecule has 36 heavy (non-hydrogen) atoms. The van der Waals surface area contributed by atoms with Crippen LogP contribution in [0.2, 0.25) is 0 Å². The SMILES string of the molecule is Cc1ccc(S(=O)(=O)OCCCCCN(C(=O)OC(C)(C)C)C23CC4C[C@@](C)(C2)C[C@](C)(C4)C3)cc1. The van der Waals surface area contributed by atoms with Gasteiger partial charge in [0.2, 0.25) is 0 Å². The molecule has 4 fully saturated rings. The van der Waals surface area contributed by atoms with Gasteiger partial charge in [-0.2, -0.15) is 8.42 Å². The fraction of sp³-hybridized carbons (Fsp3) is 0.759. The molecule has 0 N–H and O–H groups in total. The van der Waals surface area contributed by atoms with Gasteiger partial charge in [-0.25, -0.2) is 4.79 Å². The zero-order valence-corrected chi connectivity index (χ0v) is 23.9. The third-order valence-electron chi connectivity index (χ3n) is 8.36. The normalized spacial score (nSPS) is 31.4. The molecule has 6 nitrogen and oxygen atoms in total. The van der Waals surface area contributed by atoms with Gasteiger partial charge in [0.15, 0.2) is 0 Å². The minimum atomic E-state index is -3.74. The average Bonchev–Trinajstić information content (AvgIpc) is 2.69. The van der Waals surface area contributed by atoms with Crippen molar-refractivity contribution in [2.24, 2.45) is 16.7 Å². The highest BCUT2D eigenvalue weighted by Crippen LogP contribution is 2.67. The summed E-state index contributed by atoms with van der Waals surface area (Å²) in [5.74, 6) is 0.682. The molecule has 0 aromatic heterocycles. The van der Waals surface area contributed by atoms with Gasteiger partial charge in [-0.15, -0.1) is 0 Å². The highest BCUT2D eigenvalue weighted by atomic mass is 32.2. The van der Waals surface area contributed by atoms with Crippen LogP contribution in [0, 0.1) is 23.7 Å². The number of carbonyl (C=O) groups excluding carboxylic acids is 1. The third-order valence-corrected chi connectivity index (χ3v) is 9.68. The lowest BCUT2D eigenvalue weighted by molar-refractivity contribution is -0.157. The maximum absolute atomic E-state index is 13.5. The Morgan fingerprint density at radius 1 is 0.972 bits per heavy atom. The number of hydrogen-bond acceptors (Lipinski definition) is 5. The minimum Gasteiger partial charge on any atom is -0.444 e. The van der Waals surface area contributed by atoms with E-state index in [-0.39, 0.29) is 23.1 Å². The summed E-state index contributed by atoms with van der Waals surface area (Å²) in [5.41, 5.74) is 0.935. The van der Waals surface area contributed by atoms with Crippen molar-refractivity contribution in [1.29, 1.82) is 0 Å². The summed E-state index contributed by atoms with van der Waals surface area (Å²) in [7, 11) is -3.74. The predicted octanol–water partition coefficient (Wildman–Crippen LogP) is 6.86. The van der Waals surface area contributed by atoms with Crippen molar-refractivity contribution in [2.75, 3.05) is 13.2 Å². The molecule has 0 heterocycles. The zero-order chi connectivity index (χ0) is 26.4. The van der Waals surface area contributed by atoms with Gasteiger partial charge in [-0.3, -0.25) is 4.18 Å². The van der Waals surface area contributed by atoms with E-state index < -0.39 is 15.7 Å². The first kappa shape index (κ1) is 27.4. The molecule has 4 bridgehead atoms. The average molecular weight is 520 g/mol. The van der Waals surface area contributed by atoms with Crippen LogP contribution in [-0.4, -0.2) is 43.7 Å². The maximum atomic E-state index is 13.5. The minimum absolute atomic E-state index is 0.128. The van der Waals surface area contributed by atoms with Crippen molar-refractivity contribution in [3.8, 4) is 0 Å². The first-order chi connectivity index (χ1) is 16.6. The largest absolute Gasteiger partial charge is 0.444 e. The molecule has 0 spiro atoms. The van der Waals surface area contributed by atoms with Gasteiger partial charge >= 0.3 is 6.09 Å². The van der Waals surface area contributed by atoms with Crippen LogP contribution in [-0.2, 0) is 19.0 Å². The lowest BCUT2D eigenvalue weighted by Crippen LogP contribution is -2.66. The van der Waals surface area contributed by atoms with Crippen LogP contribution >= 0.6 is 0 Å². The smallest absolute Gasteiger partial charge is 0.410 e. The highest BCUT2D eigenvalue weighted by Gasteiger charge is 2.62. The van der Waals surface area contributed by atoms with Gasteiger partial charge in [-0.1, -0.05) is 31.5 Å². The summed E-state index contributed by atoms with van der Waals surface area (Å²) in [5, 5.41) is 0. The molecular formula is C29H45NO5S. The van der Waals surface area contributed by atoms with E-state index in [2.05, 4.69) is 18.7 Å². The first-order valence-electron chi connectivity index (χ1n) is 13.6. The van der Waals surface area contributed by atoms with Crippen molar-refractivity contribution in [1.82, 2.24) is 4.90 Å². The van der Waals surface area contributed by atoms with Gasteiger partial charge in [0.25, 0.3) is 10.1 Å². The van der Waals surface area contributed by atoms with Gasteiger partial charge in [0, 0.05) is 12.1 Å². The molecule has 1 aromatic carbocycles. The van der Waals surface area contributed by atoms with E-state index in [4.69, 9.17) is 8.92 Å². The van der Waals surface area contributed by atoms with Crippen molar-refractivity contribution in [3.05, 3.63) is 29.8 Å². The number of amides is 1. The molecular weight excluding hydrogens is 474 g/mol. The first-order valence-corrected chi connectivity index (χ1v) is 15.0. The van der Waals surface area contributed by atoms with Crippen LogP contribution in [0.5, 0.6) is 0 Å². The number of unbranched alkanes of at least 4 members (excludes halogenated alkanes) is 2. The monoisotopic (exact) mass is 519 g/mol. The quantitative estimate of drug-likeness (QED) is 0.263. The van der Waals surface area contributed by atoms with E-state index in [1.807, 2.05) is 27.7 Å². The van der Waals surface area contributed by atoms with Crippen molar-refractivity contribution < 1.29 is 22.1 Å². The molecule has 7 heteroatoms. The molecule has 2 unspecified atom stereocenters. The van der Waals surface area contributed by atoms with Crippen molar-refractivity contribution in [2.45, 2.75) is 115 Å². The molecule has 4 aliphatic carbocycles. The predicted molar refractivity (Wildman–Crippen MR) is 141 cm³/mol. The molecule has 1 aromatic rings. The van der Waals surface area contributed by atoms with Gasteiger partial charge < -0.3 is 9.64 Å². The molecule has 4 atom stereocenters. The Kier molecular flexibility index (Phi) is 7.32. The standard InChI is InChI=1S/C29H45NO5S/c1-22-10-12-24(13-11-22)36(32,33)34-15-9-7-8-14-30(25(31)35-26(2,3)4)29-18-23-16-27(5,20-29)19-28(6,17-23)21-29/h10-13,23H,7-9,14-21H2,1-6H3/t23?,27-,28+,29?. The molecule has 5 rings (SSSR count). The Hall–Kier alpha value is -1.60. The Balaban J connectivity index is 1.37. The van der Waals surface area contributed by atoms with Crippen molar-refractivity contribution in [3.63, 3.8) is 0 Å². The second-order valence-corrected chi connectivity index (χ2v) is 15.3. The second kappa shape index (κ2) is 9.61. The fourth-order valence-corrected chi connectivity index (χ4v) is 8.96. The summed E-state index contributed by atoms with van der Waals surface area (Å²) >= 11 is 0. The number of nitrogens with zero attached hydrogens (tertiary/aromatic N) is 1. The Bertz CT molecular complexity index is 1040. The lowest BCUT2D eigenvalue weighted by atomic mass is 9.42. The topological polar surface area (TPSA) is 72.9 Å². The number of ether oxygens (including phenoxy) is 1. The lowest BCUT2D eigenvalue weighted by Gasteiger charge is -2.67. The van der Waals surface area contributed by atoms with E-state index in [0.717, 1.165) is 37.7 Å². The summed E-state index contributed by atoms with van der Waals surface area (Å²) in [6.45, 7) is 13.3. The molecule has 0 aliphatic heterocycles. The number of rotatable bonds is 9. The van der Waals surface area contributed by atoms with E-state index >= 15 is 0 Å². The number of carbonyl (C=O) groups is 1. The summed E-state index contributed by atoms with van der Waals surface area (Å²) in [6, 6.07) is 6.70. The Morgan fingerprint density at radius 3 is 2.14 bits per heavy atom. The van der Waals surface area contributed by atoms with Crippen LogP contribution in [0.15, 0.2) is 29.2 Å². The number of hydrogen-bond donors (Lipinski definition) is 0. The van der Waals surface area contributed by atoms with Crippen LogP contribution in [0.1, 0.15) is 98.0 Å². The number of benzene rings is 1. The van der Waals surface area contributed by atoms with Crippen LogP contribution in [0.3, 0.4) is 0 Å². The molecule has 4 aliphatic rings. The van der Waals surface area contributed by atoms with Crippen LogP contribution < -0.4 is 0 Å². The fourth-order valence-electron chi connectivity index (χ4n) is 8.02. The molecule has 202 valence electrons. The molecule has 4 saturated carbocycles. The van der Waals surface area contributed by atoms with Gasteiger partial charge in [0.1, 0.15) is 5.60 Å². The van der Waals surface area contributed by atoms with Gasteiger partial charge in [0.05, 0.1) is 11.5 Å². The Morgan fingerprint density at radius 2 is 1.58 bits per heavy atom. The Labute approximate surface area is 218 Å². The maximum Gasteiger partial charge on any atom is 0.410 e. The summed E-state index contributed by atoms with van der Waals surface area (Å²) in [4.78, 5) is 15.8. The summed E-state index contributed by atoms with van der Waals surface area (Å²) < 4.78 is 36.1. The van der Waals surface area contributed by atoms with Crippen LogP contribution in [0.4, 0.5) is 4.79 Å². The third kappa shape index (κ3) is 6.09.